The van der Waals surface area contributed by atoms with E-state index in [4.69, 9.17) is 42.6 Å². The number of hydrogen-bond donors (Lipinski definition) is 13. The summed E-state index contributed by atoms with van der Waals surface area (Å²) in [6.07, 6.45) is -24.3. The molecule has 23 heteroatoms. The van der Waals surface area contributed by atoms with Gasteiger partial charge in [-0.05, 0) is 104 Å². The Morgan fingerprint density at radius 3 is 1.81 bits per heavy atom. The summed E-state index contributed by atoms with van der Waals surface area (Å²) in [6.45, 7) is 8.26. The molecule has 0 aromatic heterocycles. The van der Waals surface area contributed by atoms with Gasteiger partial charge < -0.3 is 109 Å². The van der Waals surface area contributed by atoms with Crippen LogP contribution in [-0.4, -0.2) is 234 Å². The molecule has 4 aliphatic carbocycles. The molecule has 5 saturated heterocycles. The van der Waals surface area contributed by atoms with Gasteiger partial charge in [0.05, 0.1) is 38.4 Å². The molecule has 0 radical (unpaired) electrons. The van der Waals surface area contributed by atoms with Crippen LogP contribution in [0, 0.1) is 52.3 Å². The van der Waals surface area contributed by atoms with Crippen LogP contribution >= 0.6 is 0 Å². The van der Waals surface area contributed by atoms with Crippen LogP contribution in [0.15, 0.2) is 11.6 Å². The Bertz CT molecular complexity index is 1960. The van der Waals surface area contributed by atoms with E-state index >= 15 is 0 Å². The van der Waals surface area contributed by atoms with Gasteiger partial charge in [-0.1, -0.05) is 46.3 Å². The first kappa shape index (κ1) is 58.0. The number of cyclic esters (lactones) is 1. The first-order chi connectivity index (χ1) is 35.6. The fourth-order valence-corrected chi connectivity index (χ4v) is 15.0. The topological polar surface area (TPSA) is 363 Å². The van der Waals surface area contributed by atoms with Crippen LogP contribution < -0.4 is 0 Å². The quantitative estimate of drug-likeness (QED) is 0.0629. The van der Waals surface area contributed by atoms with E-state index < -0.39 is 155 Å². The van der Waals surface area contributed by atoms with Crippen LogP contribution in [0.1, 0.15) is 92.4 Å². The molecule has 23 nitrogen and oxygen atoms in total. The van der Waals surface area contributed by atoms with E-state index in [-0.39, 0.29) is 40.7 Å². The van der Waals surface area contributed by atoms with Crippen LogP contribution in [0.2, 0.25) is 0 Å². The van der Waals surface area contributed by atoms with Gasteiger partial charge in [0.2, 0.25) is 0 Å². The highest BCUT2D eigenvalue weighted by atomic mass is 16.8. The molecule has 3 saturated carbocycles. The number of carbonyl (C=O) groups excluding carboxylic acids is 1. The SMILES string of the molecule is C[C@@H]([C@H]1CC[C@H]2[C@@H]3CC=C4C[C@@H](O[C@@H]5O[C@H](CO[C@@H]6O[C@H](CO)[C@@H](O)[C@H](O)[C@H]6O)[C@@H](O)[C@H](O)[C@H]5O[C@@H]5O[C@H](CO)[C@@H](O[C@@H]6O[C@H](CO)[C@@H](O)[C@H](O)[C@H]6O)[C@H](O)[C@H]5O)CC[C@]4(C)[C@H]3CC[C@]12C)[C@H]1C[C@@H](C)[C@H](C)C(=O)O1. The number of aliphatic hydroxyl groups is 13. The number of rotatable bonds is 14. The predicted molar refractivity (Wildman–Crippen MR) is 254 cm³/mol. The second kappa shape index (κ2) is 23.1. The summed E-state index contributed by atoms with van der Waals surface area (Å²) in [5.74, 6) is 2.21. The zero-order valence-corrected chi connectivity index (χ0v) is 43.4. The molecule has 31 atom stereocenters. The fourth-order valence-electron chi connectivity index (χ4n) is 15.0. The number of fused-ring (bicyclic) bond motifs is 5. The van der Waals surface area contributed by atoms with E-state index in [0.717, 1.165) is 44.9 Å². The number of carbonyl (C=O) groups is 1. The number of allylic oxidation sites excluding steroid dienone is 1. The van der Waals surface area contributed by atoms with Gasteiger partial charge in [0.1, 0.15) is 104 Å². The van der Waals surface area contributed by atoms with E-state index in [9.17, 15) is 71.2 Å². The molecule has 0 aromatic rings. The van der Waals surface area contributed by atoms with E-state index in [1.54, 1.807) is 0 Å². The van der Waals surface area contributed by atoms with Crippen LogP contribution in [0.25, 0.3) is 0 Å². The van der Waals surface area contributed by atoms with Crippen LogP contribution in [0.3, 0.4) is 0 Å². The van der Waals surface area contributed by atoms with E-state index in [0.29, 0.717) is 36.5 Å². The summed E-state index contributed by atoms with van der Waals surface area (Å²) in [5.41, 5.74) is 1.22. The molecule has 0 amide bonds. The van der Waals surface area contributed by atoms with Gasteiger partial charge >= 0.3 is 5.97 Å². The van der Waals surface area contributed by atoms with Crippen molar-refractivity contribution in [3.63, 3.8) is 0 Å². The molecule has 5 heterocycles. The van der Waals surface area contributed by atoms with E-state index in [1.807, 2.05) is 6.92 Å². The maximum absolute atomic E-state index is 12.8. The highest BCUT2D eigenvalue weighted by molar-refractivity contribution is 5.73. The van der Waals surface area contributed by atoms with E-state index in [2.05, 4.69) is 33.8 Å². The lowest BCUT2D eigenvalue weighted by molar-refractivity contribution is -0.389. The maximum Gasteiger partial charge on any atom is 0.309 e. The summed E-state index contributed by atoms with van der Waals surface area (Å²) in [5, 5.41) is 139. The lowest BCUT2D eigenvalue weighted by atomic mass is 9.47. The van der Waals surface area contributed by atoms with Gasteiger partial charge in [0, 0.05) is 0 Å². The largest absolute Gasteiger partial charge is 0.462 e. The minimum atomic E-state index is -2.01. The smallest absolute Gasteiger partial charge is 0.309 e. The molecule has 75 heavy (non-hydrogen) atoms. The Kier molecular flexibility index (Phi) is 17.9. The van der Waals surface area contributed by atoms with Gasteiger partial charge in [0.15, 0.2) is 25.2 Å². The lowest BCUT2D eigenvalue weighted by Gasteiger charge is -2.59. The Balaban J connectivity index is 0.908. The summed E-state index contributed by atoms with van der Waals surface area (Å²) in [7, 11) is 0. The summed E-state index contributed by atoms with van der Waals surface area (Å²) in [4.78, 5) is 12.8. The zero-order valence-electron chi connectivity index (χ0n) is 43.4. The first-order valence-corrected chi connectivity index (χ1v) is 27.3. The highest BCUT2D eigenvalue weighted by Crippen LogP contribution is 2.68. The maximum atomic E-state index is 12.8. The Labute approximate surface area is 436 Å². The van der Waals surface area contributed by atoms with Gasteiger partial charge in [-0.2, -0.15) is 0 Å². The Morgan fingerprint density at radius 1 is 0.613 bits per heavy atom. The molecule has 430 valence electrons. The molecule has 13 N–H and O–H groups in total. The average molecular weight is 1080 g/mol. The molecule has 0 spiro atoms. The van der Waals surface area contributed by atoms with Crippen molar-refractivity contribution in [1.82, 2.24) is 0 Å². The molecule has 8 fully saturated rings. The van der Waals surface area contributed by atoms with Crippen molar-refractivity contribution in [2.45, 2.75) is 227 Å². The van der Waals surface area contributed by atoms with Gasteiger partial charge in [-0.15, -0.1) is 0 Å². The molecule has 0 bridgehead atoms. The number of hydrogen-bond acceptors (Lipinski definition) is 23. The average Bonchev–Trinajstić information content (AvgIpc) is 3.75. The predicted octanol–water partition coefficient (Wildman–Crippen LogP) is -2.55. The third-order valence-electron chi connectivity index (χ3n) is 19.9. The normalized spacial score (nSPS) is 53.7. The Hall–Kier alpha value is -1.63. The molecule has 5 aliphatic heterocycles. The standard InChI is InChI=1S/C52H84O23/c1-20-14-29(69-46(66)21(20)2)22(3)26-8-9-27-25-7-6-23-15-24(10-12-51(23,4)28(25)11-13-52(26,27)5)68-50-45(39(61)36(58)33(73-50)19-67-47-41(63)37(59)34(56)30(16-53)70-47)75-49-43(65)40(62)44(32(18-55)72-49)74-48-42(64)38(60)35(57)31(17-54)71-48/h6,20-22,24-45,47-50,53-65H,7-19H2,1-5H3/t20-,21+,22+,24+,25+,26-,27+,28+,29-,30-,31-,32-,33-,34-,35-,36-,37+,38+,39+,40-,41-,42-,43-,44-,45-,47-,48+,49+,50-,51+,52-/m1/s1. The molecular formula is C52H84O23. The van der Waals surface area contributed by atoms with Crippen molar-refractivity contribution in [2.24, 2.45) is 52.3 Å². The van der Waals surface area contributed by atoms with Crippen molar-refractivity contribution < 1.29 is 114 Å². The minimum absolute atomic E-state index is 0.0789. The number of esters is 1. The van der Waals surface area contributed by atoms with Crippen LogP contribution in [0.4, 0.5) is 0 Å². The minimum Gasteiger partial charge on any atom is -0.462 e. The van der Waals surface area contributed by atoms with Gasteiger partial charge in [-0.3, -0.25) is 4.79 Å². The van der Waals surface area contributed by atoms with Crippen LogP contribution in [0.5, 0.6) is 0 Å². The molecule has 9 aliphatic rings. The Morgan fingerprint density at radius 2 is 1.17 bits per heavy atom. The molecule has 0 unspecified atom stereocenters. The number of aliphatic hydroxyl groups excluding tert-OH is 13. The third kappa shape index (κ3) is 10.7. The monoisotopic (exact) mass is 1080 g/mol. The van der Waals surface area contributed by atoms with Gasteiger partial charge in [-0.25, -0.2) is 0 Å². The highest BCUT2D eigenvalue weighted by Gasteiger charge is 2.61. The second-order valence-corrected chi connectivity index (χ2v) is 24.0. The van der Waals surface area contributed by atoms with Crippen molar-refractivity contribution in [1.29, 1.82) is 0 Å². The fraction of sp³-hybridized carbons (Fsp3) is 0.942. The summed E-state index contributed by atoms with van der Waals surface area (Å²) >= 11 is 0. The molecule has 0 aromatic carbocycles. The third-order valence-corrected chi connectivity index (χ3v) is 19.9. The summed E-state index contributed by atoms with van der Waals surface area (Å²) < 4.78 is 53.6. The van der Waals surface area contributed by atoms with Gasteiger partial charge in [0.25, 0.3) is 0 Å². The first-order valence-electron chi connectivity index (χ1n) is 27.3. The number of ether oxygens (including phenoxy) is 9. The van der Waals surface area contributed by atoms with Crippen LogP contribution in [-0.2, 0) is 47.4 Å². The van der Waals surface area contributed by atoms with Crippen molar-refractivity contribution in [2.75, 3.05) is 26.4 Å². The lowest BCUT2D eigenvalue weighted by Crippen LogP contribution is -2.67. The second-order valence-electron chi connectivity index (χ2n) is 24.0. The van der Waals surface area contributed by atoms with E-state index in [1.165, 1.54) is 5.57 Å². The molecule has 9 rings (SSSR count). The van der Waals surface area contributed by atoms with Crippen molar-refractivity contribution >= 4 is 5.97 Å². The van der Waals surface area contributed by atoms with Crippen molar-refractivity contribution in [3.8, 4) is 0 Å². The zero-order chi connectivity index (χ0) is 54.2. The summed E-state index contributed by atoms with van der Waals surface area (Å²) in [6, 6.07) is 0. The van der Waals surface area contributed by atoms with Crippen molar-refractivity contribution in [3.05, 3.63) is 11.6 Å². The molecular weight excluding hydrogens is 993 g/mol.